The number of halogens is 1. The smallest absolute Gasteiger partial charge is 0.246 e. The number of nitrogens with zero attached hydrogens (tertiary/aromatic N) is 2. The lowest BCUT2D eigenvalue weighted by molar-refractivity contribution is -0.156. The Balaban J connectivity index is 2.30. The number of rotatable bonds is 3. The van der Waals surface area contributed by atoms with E-state index in [1.54, 1.807) is 13.8 Å². The van der Waals surface area contributed by atoms with Crippen LogP contribution in [-0.2, 0) is 16.1 Å². The van der Waals surface area contributed by atoms with Gasteiger partial charge < -0.3 is 10.2 Å². The quantitative estimate of drug-likeness (QED) is 0.905. The van der Waals surface area contributed by atoms with Crippen molar-refractivity contribution >= 4 is 11.8 Å². The number of aromatic nitrogens is 1. The molecule has 1 unspecified atom stereocenters. The van der Waals surface area contributed by atoms with Crippen LogP contribution >= 0.6 is 0 Å². The lowest BCUT2D eigenvalue weighted by Gasteiger charge is -2.44. The van der Waals surface area contributed by atoms with E-state index in [1.165, 1.54) is 17.2 Å². The average molecular weight is 279 g/mol. The number of pyridine rings is 1. The lowest BCUT2D eigenvalue weighted by Crippen LogP contribution is -2.67. The van der Waals surface area contributed by atoms with Crippen LogP contribution in [-0.4, -0.2) is 33.3 Å². The van der Waals surface area contributed by atoms with Gasteiger partial charge in [0, 0.05) is 12.7 Å². The van der Waals surface area contributed by atoms with Crippen molar-refractivity contribution in [3.63, 3.8) is 0 Å². The van der Waals surface area contributed by atoms with Crippen molar-refractivity contribution in [3.05, 3.63) is 29.8 Å². The molecule has 2 amide bonds. The Bertz CT molecular complexity index is 545. The number of nitrogens with one attached hydrogen (secondary N) is 1. The number of hydrogen-bond acceptors (Lipinski definition) is 3. The first-order chi connectivity index (χ1) is 9.36. The summed E-state index contributed by atoms with van der Waals surface area (Å²) in [5.74, 6) is -0.809. The van der Waals surface area contributed by atoms with Crippen LogP contribution in [0.15, 0.2) is 18.5 Å². The van der Waals surface area contributed by atoms with Crippen LogP contribution in [0, 0.1) is 5.82 Å². The molecule has 5 nitrogen and oxygen atoms in total. The second kappa shape index (κ2) is 5.19. The molecular weight excluding hydrogens is 261 g/mol. The highest BCUT2D eigenvalue weighted by Crippen LogP contribution is 2.24. The van der Waals surface area contributed by atoms with Gasteiger partial charge in [0.05, 0.1) is 6.20 Å². The highest BCUT2D eigenvalue weighted by Gasteiger charge is 2.45. The van der Waals surface area contributed by atoms with Crippen LogP contribution in [0.5, 0.6) is 0 Å². The first-order valence-corrected chi connectivity index (χ1v) is 6.58. The summed E-state index contributed by atoms with van der Waals surface area (Å²) in [7, 11) is 0. The van der Waals surface area contributed by atoms with Gasteiger partial charge in [-0.05, 0) is 31.9 Å². The summed E-state index contributed by atoms with van der Waals surface area (Å²) < 4.78 is 13.2. The van der Waals surface area contributed by atoms with Gasteiger partial charge in [0.2, 0.25) is 11.8 Å². The van der Waals surface area contributed by atoms with E-state index in [0.717, 1.165) is 6.20 Å². The average Bonchev–Trinajstić information content (AvgIpc) is 2.39. The van der Waals surface area contributed by atoms with Gasteiger partial charge in [0.15, 0.2) is 0 Å². The van der Waals surface area contributed by atoms with Crippen LogP contribution in [0.2, 0.25) is 0 Å². The van der Waals surface area contributed by atoms with Crippen LogP contribution in [0.4, 0.5) is 4.39 Å². The molecule has 1 aromatic rings. The molecule has 2 heterocycles. The van der Waals surface area contributed by atoms with Gasteiger partial charge in [-0.25, -0.2) is 4.39 Å². The molecule has 0 spiro atoms. The summed E-state index contributed by atoms with van der Waals surface area (Å²) in [5, 5.41) is 2.71. The van der Waals surface area contributed by atoms with Crippen LogP contribution in [0.1, 0.15) is 32.8 Å². The Morgan fingerprint density at radius 3 is 2.70 bits per heavy atom. The van der Waals surface area contributed by atoms with E-state index < -0.39 is 17.4 Å². The van der Waals surface area contributed by atoms with Gasteiger partial charge >= 0.3 is 0 Å². The molecule has 0 aliphatic carbocycles. The number of carbonyl (C=O) groups excluding carboxylic acids is 2. The normalized spacial score (nSPS) is 21.8. The summed E-state index contributed by atoms with van der Waals surface area (Å²) in [4.78, 5) is 29.8. The fourth-order valence-electron chi connectivity index (χ4n) is 2.26. The monoisotopic (exact) mass is 279 g/mol. The molecule has 1 N–H and O–H groups in total. The molecule has 108 valence electrons. The molecule has 0 radical (unpaired) electrons. The topological polar surface area (TPSA) is 62.3 Å². The van der Waals surface area contributed by atoms with Crippen molar-refractivity contribution in [1.29, 1.82) is 0 Å². The predicted octanol–water partition coefficient (Wildman–Crippen LogP) is 1.24. The molecule has 1 fully saturated rings. The predicted molar refractivity (Wildman–Crippen MR) is 71.0 cm³/mol. The molecule has 2 rings (SSSR count). The Morgan fingerprint density at radius 2 is 2.10 bits per heavy atom. The Labute approximate surface area is 117 Å². The molecule has 1 aliphatic heterocycles. The Kier molecular flexibility index (Phi) is 3.74. The van der Waals surface area contributed by atoms with E-state index in [9.17, 15) is 14.0 Å². The maximum absolute atomic E-state index is 13.2. The van der Waals surface area contributed by atoms with Gasteiger partial charge in [-0.1, -0.05) is 6.92 Å². The molecule has 0 bridgehead atoms. The molecule has 1 aliphatic rings. The summed E-state index contributed by atoms with van der Waals surface area (Å²) in [6.45, 7) is 5.36. The van der Waals surface area contributed by atoms with Crippen molar-refractivity contribution < 1.29 is 14.0 Å². The van der Waals surface area contributed by atoms with Gasteiger partial charge in [-0.15, -0.1) is 0 Å². The molecule has 0 aromatic carbocycles. The maximum atomic E-state index is 13.2. The Hall–Kier alpha value is -1.98. The van der Waals surface area contributed by atoms with Gasteiger partial charge in [-0.3, -0.25) is 14.6 Å². The van der Waals surface area contributed by atoms with Crippen LogP contribution in [0.3, 0.4) is 0 Å². The third-order valence-corrected chi connectivity index (χ3v) is 3.61. The first kappa shape index (κ1) is 14.4. The standard InChI is InChI=1S/C14H18FN3O2/c1-4-11-12(19)18(14(2,3)13(20)17-11)8-9-5-10(15)7-16-6-9/h5-7,11H,4,8H2,1-3H3,(H,17,20). The van der Waals surface area contributed by atoms with Gasteiger partial charge in [-0.2, -0.15) is 0 Å². The van der Waals surface area contributed by atoms with E-state index in [2.05, 4.69) is 10.3 Å². The van der Waals surface area contributed by atoms with Gasteiger partial charge in [0.25, 0.3) is 0 Å². The molecule has 1 aromatic heterocycles. The molecular formula is C14H18FN3O2. The van der Waals surface area contributed by atoms with Crippen molar-refractivity contribution in [2.45, 2.75) is 45.3 Å². The minimum Gasteiger partial charge on any atom is -0.342 e. The van der Waals surface area contributed by atoms with E-state index in [-0.39, 0.29) is 18.4 Å². The molecule has 1 saturated heterocycles. The highest BCUT2D eigenvalue weighted by atomic mass is 19.1. The molecule has 20 heavy (non-hydrogen) atoms. The zero-order valence-electron chi connectivity index (χ0n) is 11.8. The number of carbonyl (C=O) groups is 2. The van der Waals surface area contributed by atoms with Crippen molar-refractivity contribution in [2.75, 3.05) is 0 Å². The van der Waals surface area contributed by atoms with E-state index >= 15 is 0 Å². The second-order valence-electron chi connectivity index (χ2n) is 5.43. The summed E-state index contributed by atoms with van der Waals surface area (Å²) in [6.07, 6.45) is 3.13. The zero-order valence-corrected chi connectivity index (χ0v) is 11.8. The van der Waals surface area contributed by atoms with Crippen molar-refractivity contribution in [2.24, 2.45) is 0 Å². The molecule has 6 heteroatoms. The second-order valence-corrected chi connectivity index (χ2v) is 5.43. The van der Waals surface area contributed by atoms with Crippen molar-refractivity contribution in [3.8, 4) is 0 Å². The van der Waals surface area contributed by atoms with E-state index in [0.29, 0.717) is 12.0 Å². The largest absolute Gasteiger partial charge is 0.342 e. The first-order valence-electron chi connectivity index (χ1n) is 6.58. The summed E-state index contributed by atoms with van der Waals surface area (Å²) in [6, 6.07) is 0.807. The number of hydrogen-bond donors (Lipinski definition) is 1. The summed E-state index contributed by atoms with van der Waals surface area (Å²) >= 11 is 0. The van der Waals surface area contributed by atoms with Crippen LogP contribution in [0.25, 0.3) is 0 Å². The van der Waals surface area contributed by atoms with E-state index in [4.69, 9.17) is 0 Å². The highest BCUT2D eigenvalue weighted by molar-refractivity contribution is 5.99. The minimum absolute atomic E-state index is 0.152. The number of piperazine rings is 1. The van der Waals surface area contributed by atoms with E-state index in [1.807, 2.05) is 6.92 Å². The fourth-order valence-corrected chi connectivity index (χ4v) is 2.26. The van der Waals surface area contributed by atoms with Crippen LogP contribution < -0.4 is 5.32 Å². The molecule has 0 saturated carbocycles. The lowest BCUT2D eigenvalue weighted by atomic mass is 9.94. The van der Waals surface area contributed by atoms with Gasteiger partial charge in [0.1, 0.15) is 17.4 Å². The summed E-state index contributed by atoms with van der Waals surface area (Å²) in [5.41, 5.74) is -0.398. The third-order valence-electron chi connectivity index (χ3n) is 3.61. The third kappa shape index (κ3) is 2.50. The number of amides is 2. The SMILES string of the molecule is CCC1NC(=O)C(C)(C)N(Cc2cncc(F)c2)C1=O. The minimum atomic E-state index is -0.963. The zero-order chi connectivity index (χ0) is 14.9. The molecule has 1 atom stereocenters. The maximum Gasteiger partial charge on any atom is 0.246 e. The van der Waals surface area contributed by atoms with Crippen molar-refractivity contribution in [1.82, 2.24) is 15.2 Å². The Morgan fingerprint density at radius 1 is 1.40 bits per heavy atom. The fraction of sp³-hybridized carbons (Fsp3) is 0.500.